The first kappa shape index (κ1) is 9.11. The lowest BCUT2D eigenvalue weighted by atomic mass is 9.88. The summed E-state index contributed by atoms with van der Waals surface area (Å²) >= 11 is 0. The van der Waals surface area contributed by atoms with Crippen molar-refractivity contribution in [3.8, 4) is 0 Å². The van der Waals surface area contributed by atoms with Crippen molar-refractivity contribution in [1.29, 1.82) is 0 Å². The third kappa shape index (κ3) is 0.920. The highest BCUT2D eigenvalue weighted by Gasteiger charge is 2.52. The van der Waals surface area contributed by atoms with Crippen LogP contribution in [0.1, 0.15) is 29.2 Å². The summed E-state index contributed by atoms with van der Waals surface area (Å²) in [6.07, 6.45) is 0. The van der Waals surface area contributed by atoms with E-state index in [0.29, 0.717) is 0 Å². The van der Waals surface area contributed by atoms with Gasteiger partial charge in [-0.1, -0.05) is 24.3 Å². The molecule has 2 aromatic carbocycles. The third-order valence-electron chi connectivity index (χ3n) is 4.19. The zero-order valence-electron chi connectivity index (χ0n) is 9.75. The Kier molecular flexibility index (Phi) is 1.42. The Morgan fingerprint density at radius 1 is 1.12 bits per heavy atom. The van der Waals surface area contributed by atoms with Gasteiger partial charge in [0.15, 0.2) is 0 Å². The van der Waals surface area contributed by atoms with Crippen molar-refractivity contribution in [2.45, 2.75) is 18.9 Å². The summed E-state index contributed by atoms with van der Waals surface area (Å²) in [5, 5.41) is 3.51. The van der Waals surface area contributed by atoms with Gasteiger partial charge in [-0.05, 0) is 41.3 Å². The van der Waals surface area contributed by atoms with Crippen molar-refractivity contribution < 1.29 is 0 Å². The molecule has 0 fully saturated rings. The minimum atomic E-state index is 0.0447. The van der Waals surface area contributed by atoms with Crippen LogP contribution in [0.5, 0.6) is 0 Å². The quantitative estimate of drug-likeness (QED) is 0.673. The molecular formula is C15H14N2. The molecule has 2 nitrogen and oxygen atoms in total. The molecule has 0 spiro atoms. The average molecular weight is 222 g/mol. The maximum absolute atomic E-state index is 6.20. The zero-order chi connectivity index (χ0) is 11.6. The van der Waals surface area contributed by atoms with Gasteiger partial charge in [0.25, 0.3) is 0 Å². The summed E-state index contributed by atoms with van der Waals surface area (Å²) in [6, 6.07) is 12.7. The molecule has 2 heteroatoms. The van der Waals surface area contributed by atoms with Crippen LogP contribution in [-0.2, 0) is 12.0 Å². The monoisotopic (exact) mass is 222 g/mol. The van der Waals surface area contributed by atoms with Gasteiger partial charge in [-0.2, -0.15) is 0 Å². The molecule has 1 heterocycles. The molecule has 2 aromatic rings. The second-order valence-corrected chi connectivity index (χ2v) is 5.09. The highest BCUT2D eigenvalue weighted by atomic mass is 14.9. The SMILES string of the molecule is CC12c3cccc(c31)NCc1cccc(N)c12. The van der Waals surface area contributed by atoms with Crippen LogP contribution in [0.25, 0.3) is 0 Å². The molecule has 1 atom stereocenters. The number of hydrogen-bond donors (Lipinski definition) is 2. The minimum absolute atomic E-state index is 0.0447. The molecule has 3 N–H and O–H groups in total. The molecule has 4 rings (SSSR count). The Hall–Kier alpha value is -1.96. The minimum Gasteiger partial charge on any atom is -0.398 e. The van der Waals surface area contributed by atoms with Gasteiger partial charge < -0.3 is 11.1 Å². The normalized spacial score (nSPS) is 23.1. The molecule has 1 unspecified atom stereocenters. The predicted octanol–water partition coefficient (Wildman–Crippen LogP) is 2.86. The van der Waals surface area contributed by atoms with E-state index >= 15 is 0 Å². The van der Waals surface area contributed by atoms with E-state index in [-0.39, 0.29) is 5.41 Å². The fourth-order valence-electron chi connectivity index (χ4n) is 3.36. The number of rotatable bonds is 0. The molecule has 1 aliphatic carbocycles. The third-order valence-corrected chi connectivity index (χ3v) is 4.19. The molecule has 0 amide bonds. The molecule has 0 saturated heterocycles. The van der Waals surface area contributed by atoms with Gasteiger partial charge in [0.1, 0.15) is 0 Å². The first-order valence-corrected chi connectivity index (χ1v) is 5.98. The van der Waals surface area contributed by atoms with Gasteiger partial charge in [0, 0.05) is 23.3 Å². The molecular weight excluding hydrogens is 208 g/mol. The van der Waals surface area contributed by atoms with Crippen LogP contribution in [0, 0.1) is 0 Å². The fraction of sp³-hybridized carbons (Fsp3) is 0.200. The van der Waals surface area contributed by atoms with Crippen LogP contribution in [0.2, 0.25) is 0 Å². The van der Waals surface area contributed by atoms with E-state index in [1.165, 1.54) is 27.9 Å². The van der Waals surface area contributed by atoms with Crippen LogP contribution in [0.4, 0.5) is 11.4 Å². The lowest BCUT2D eigenvalue weighted by Gasteiger charge is -2.17. The highest BCUT2D eigenvalue weighted by Crippen LogP contribution is 2.60. The van der Waals surface area contributed by atoms with E-state index in [1.54, 1.807) is 0 Å². The molecule has 0 bridgehead atoms. The standard InChI is InChI=1S/C15H14N2/c1-15-10-5-3-7-12(14(10)15)17-8-9-4-2-6-11(16)13(9)15/h2-7,17H,8,16H2,1H3. The van der Waals surface area contributed by atoms with E-state index in [0.717, 1.165) is 12.2 Å². The number of anilines is 2. The predicted molar refractivity (Wildman–Crippen MR) is 70.2 cm³/mol. The van der Waals surface area contributed by atoms with Crippen molar-refractivity contribution in [3.63, 3.8) is 0 Å². The summed E-state index contributed by atoms with van der Waals surface area (Å²) in [5.41, 5.74) is 13.9. The second-order valence-electron chi connectivity index (χ2n) is 5.09. The van der Waals surface area contributed by atoms with Crippen LogP contribution < -0.4 is 11.1 Å². The van der Waals surface area contributed by atoms with Crippen LogP contribution in [-0.4, -0.2) is 0 Å². The average Bonchev–Trinajstić information content (AvgIpc) is 2.97. The van der Waals surface area contributed by atoms with Gasteiger partial charge in [-0.3, -0.25) is 0 Å². The van der Waals surface area contributed by atoms with E-state index in [4.69, 9.17) is 5.73 Å². The lowest BCUT2D eigenvalue weighted by molar-refractivity contribution is 0.847. The van der Waals surface area contributed by atoms with Gasteiger partial charge in [-0.15, -0.1) is 0 Å². The summed E-state index contributed by atoms with van der Waals surface area (Å²) in [5.74, 6) is 0. The molecule has 1 aliphatic heterocycles. The van der Waals surface area contributed by atoms with Crippen LogP contribution in [0.3, 0.4) is 0 Å². The number of nitrogen functional groups attached to an aromatic ring is 1. The number of nitrogens with two attached hydrogens (primary N) is 1. The number of benzene rings is 2. The Morgan fingerprint density at radius 2 is 1.94 bits per heavy atom. The Labute approximate surface area is 100 Å². The molecule has 17 heavy (non-hydrogen) atoms. The molecule has 0 radical (unpaired) electrons. The van der Waals surface area contributed by atoms with Crippen molar-refractivity contribution in [3.05, 3.63) is 58.7 Å². The van der Waals surface area contributed by atoms with E-state index in [2.05, 4.69) is 36.5 Å². The van der Waals surface area contributed by atoms with Crippen molar-refractivity contribution in [1.82, 2.24) is 0 Å². The van der Waals surface area contributed by atoms with Crippen LogP contribution in [0.15, 0.2) is 36.4 Å². The maximum Gasteiger partial charge on any atom is 0.0474 e. The largest absolute Gasteiger partial charge is 0.398 e. The summed E-state index contributed by atoms with van der Waals surface area (Å²) in [7, 11) is 0. The van der Waals surface area contributed by atoms with Gasteiger partial charge in [0.2, 0.25) is 0 Å². The smallest absolute Gasteiger partial charge is 0.0474 e. The first-order chi connectivity index (χ1) is 8.23. The van der Waals surface area contributed by atoms with E-state index in [1.807, 2.05) is 12.1 Å². The Bertz CT molecular complexity index is 645. The topological polar surface area (TPSA) is 38.0 Å². The molecule has 0 aromatic heterocycles. The summed E-state index contributed by atoms with van der Waals surface area (Å²) in [4.78, 5) is 0. The van der Waals surface area contributed by atoms with Gasteiger partial charge >= 0.3 is 0 Å². The molecule has 0 saturated carbocycles. The zero-order valence-corrected chi connectivity index (χ0v) is 9.75. The summed E-state index contributed by atoms with van der Waals surface area (Å²) < 4.78 is 0. The van der Waals surface area contributed by atoms with Gasteiger partial charge in [0.05, 0.1) is 0 Å². The lowest BCUT2D eigenvalue weighted by Crippen LogP contribution is -2.11. The number of nitrogens with one attached hydrogen (secondary N) is 1. The number of hydrogen-bond acceptors (Lipinski definition) is 2. The fourth-order valence-corrected chi connectivity index (χ4v) is 3.36. The Balaban J connectivity index is 2.07. The maximum atomic E-state index is 6.20. The van der Waals surface area contributed by atoms with Gasteiger partial charge in [-0.25, -0.2) is 0 Å². The second kappa shape index (κ2) is 2.65. The Morgan fingerprint density at radius 3 is 2.82 bits per heavy atom. The molecule has 84 valence electrons. The van der Waals surface area contributed by atoms with E-state index in [9.17, 15) is 0 Å². The van der Waals surface area contributed by atoms with Crippen molar-refractivity contribution in [2.75, 3.05) is 11.1 Å². The number of fused-ring (bicyclic) bond motifs is 3. The van der Waals surface area contributed by atoms with Crippen molar-refractivity contribution in [2.24, 2.45) is 0 Å². The first-order valence-electron chi connectivity index (χ1n) is 5.98. The summed E-state index contributed by atoms with van der Waals surface area (Å²) in [6.45, 7) is 3.15. The van der Waals surface area contributed by atoms with Crippen LogP contribution >= 0.6 is 0 Å². The highest BCUT2D eigenvalue weighted by molar-refractivity contribution is 5.82. The molecule has 2 aliphatic rings. The van der Waals surface area contributed by atoms with Crippen molar-refractivity contribution >= 4 is 11.4 Å². The van der Waals surface area contributed by atoms with E-state index < -0.39 is 0 Å².